The van der Waals surface area contributed by atoms with Gasteiger partial charge in [0.1, 0.15) is 11.9 Å². The Labute approximate surface area is 327 Å². The monoisotopic (exact) mass is 863 g/mol. The SMILES string of the molecule is CC(=O)OCC(=O)[C@@]1(OC(C)=O)[C@H](C)C[C@H]2[C@@H]3CC=C4C=C(OC(=O)c5ccc(C)c(N(CCBr)CCBr)c5)C=C[C@]4(C)[C@@]3(F)[C@@H](OC(C)=O)C[C@@]21C. The first kappa shape index (κ1) is 40.9. The van der Waals surface area contributed by atoms with Crippen LogP contribution in [-0.2, 0) is 38.1 Å². The van der Waals surface area contributed by atoms with E-state index in [0.29, 0.717) is 17.6 Å². The summed E-state index contributed by atoms with van der Waals surface area (Å²) < 4.78 is 41.4. The molecule has 0 amide bonds. The first-order valence-corrected chi connectivity index (χ1v) is 20.2. The summed E-state index contributed by atoms with van der Waals surface area (Å²) in [6.45, 7) is 11.8. The lowest BCUT2D eigenvalue weighted by Crippen LogP contribution is -2.70. The van der Waals surface area contributed by atoms with E-state index in [2.05, 4.69) is 36.8 Å². The molecule has 0 heterocycles. The molecule has 10 nitrogen and oxygen atoms in total. The van der Waals surface area contributed by atoms with E-state index in [0.717, 1.165) is 35.0 Å². The number of nitrogens with zero attached hydrogens (tertiary/aromatic N) is 1. The van der Waals surface area contributed by atoms with Crippen molar-refractivity contribution in [3.05, 3.63) is 65.0 Å². The predicted molar refractivity (Wildman–Crippen MR) is 203 cm³/mol. The molecule has 13 heteroatoms. The Morgan fingerprint density at radius 3 is 2.26 bits per heavy atom. The van der Waals surface area contributed by atoms with Gasteiger partial charge in [0.2, 0.25) is 5.78 Å². The molecule has 0 spiro atoms. The Balaban J connectivity index is 1.51. The fraction of sp³-hybridized carbons (Fsp3) is 0.575. The second kappa shape index (κ2) is 15.4. The number of rotatable bonds is 12. The summed E-state index contributed by atoms with van der Waals surface area (Å²) in [4.78, 5) is 66.8. The molecule has 4 aliphatic carbocycles. The van der Waals surface area contributed by atoms with Crippen LogP contribution in [0.4, 0.5) is 10.1 Å². The van der Waals surface area contributed by atoms with E-state index in [1.54, 1.807) is 45.1 Å². The number of hydrogen-bond donors (Lipinski definition) is 0. The molecule has 1 aromatic carbocycles. The minimum atomic E-state index is -2.17. The highest BCUT2D eigenvalue weighted by Crippen LogP contribution is 2.71. The molecule has 0 bridgehead atoms. The van der Waals surface area contributed by atoms with Crippen molar-refractivity contribution in [3.8, 4) is 0 Å². The van der Waals surface area contributed by atoms with Crippen molar-refractivity contribution in [1.82, 2.24) is 0 Å². The maximum Gasteiger partial charge on any atom is 0.343 e. The van der Waals surface area contributed by atoms with E-state index in [1.165, 1.54) is 20.8 Å². The van der Waals surface area contributed by atoms with Crippen LogP contribution >= 0.6 is 31.9 Å². The van der Waals surface area contributed by atoms with E-state index in [-0.39, 0.29) is 18.6 Å². The number of carbonyl (C=O) groups is 5. The zero-order chi connectivity index (χ0) is 39.1. The largest absolute Gasteiger partial charge is 0.459 e. The zero-order valence-electron chi connectivity index (χ0n) is 31.3. The maximum absolute atomic E-state index is 18.6. The third-order valence-electron chi connectivity index (χ3n) is 12.1. The van der Waals surface area contributed by atoms with E-state index < -0.39 is 82.2 Å². The molecule has 8 atom stereocenters. The molecular weight excluding hydrogens is 817 g/mol. The average molecular weight is 866 g/mol. The fourth-order valence-corrected chi connectivity index (χ4v) is 10.7. The summed E-state index contributed by atoms with van der Waals surface area (Å²) in [7, 11) is 0. The second-order valence-electron chi connectivity index (χ2n) is 15.1. The summed E-state index contributed by atoms with van der Waals surface area (Å²) in [5.74, 6) is -4.81. The molecule has 1 aromatic rings. The van der Waals surface area contributed by atoms with Gasteiger partial charge in [0.25, 0.3) is 0 Å². The van der Waals surface area contributed by atoms with Crippen molar-refractivity contribution in [2.45, 2.75) is 85.1 Å². The van der Waals surface area contributed by atoms with Crippen LogP contribution in [0.15, 0.2) is 53.8 Å². The quantitative estimate of drug-likeness (QED) is 0.120. The molecule has 0 aliphatic heterocycles. The van der Waals surface area contributed by atoms with Crippen LogP contribution in [0.5, 0.6) is 0 Å². The maximum atomic E-state index is 18.6. The van der Waals surface area contributed by atoms with Crippen molar-refractivity contribution in [3.63, 3.8) is 0 Å². The van der Waals surface area contributed by atoms with Gasteiger partial charge in [0.15, 0.2) is 17.9 Å². The van der Waals surface area contributed by atoms with E-state index in [9.17, 15) is 24.0 Å². The van der Waals surface area contributed by atoms with E-state index in [4.69, 9.17) is 18.9 Å². The molecule has 0 saturated heterocycles. The van der Waals surface area contributed by atoms with Gasteiger partial charge in [0.05, 0.1) is 5.56 Å². The van der Waals surface area contributed by atoms with E-state index in [1.807, 2.05) is 25.1 Å². The summed E-state index contributed by atoms with van der Waals surface area (Å²) in [6.07, 6.45) is 5.89. The molecule has 288 valence electrons. The molecule has 5 rings (SSSR count). The Morgan fingerprint density at radius 1 is 0.981 bits per heavy atom. The first-order chi connectivity index (χ1) is 24.9. The summed E-state index contributed by atoms with van der Waals surface area (Å²) in [6, 6.07) is 5.42. The lowest BCUT2D eigenvalue weighted by atomic mass is 9.45. The Kier molecular flexibility index (Phi) is 11.9. The molecule has 0 unspecified atom stereocenters. The normalized spacial score (nSPS) is 32.6. The lowest BCUT2D eigenvalue weighted by molar-refractivity contribution is -0.231. The molecule has 53 heavy (non-hydrogen) atoms. The number of ether oxygens (including phenoxy) is 4. The highest BCUT2D eigenvalue weighted by Gasteiger charge is 2.77. The van der Waals surface area contributed by atoms with Crippen molar-refractivity contribution in [2.75, 3.05) is 35.3 Å². The fourth-order valence-electron chi connectivity index (χ4n) is 9.81. The van der Waals surface area contributed by atoms with Gasteiger partial charge in [-0.25, -0.2) is 9.18 Å². The van der Waals surface area contributed by atoms with Gasteiger partial charge in [-0.15, -0.1) is 0 Å². The smallest absolute Gasteiger partial charge is 0.343 e. The lowest BCUT2D eigenvalue weighted by Gasteiger charge is -2.62. The van der Waals surface area contributed by atoms with Crippen molar-refractivity contribution in [2.24, 2.45) is 28.6 Å². The highest BCUT2D eigenvalue weighted by molar-refractivity contribution is 9.09. The van der Waals surface area contributed by atoms with Crippen LogP contribution in [0.1, 0.15) is 76.7 Å². The predicted octanol–water partition coefficient (Wildman–Crippen LogP) is 7.29. The number of fused-ring (bicyclic) bond motifs is 5. The van der Waals surface area contributed by atoms with Gasteiger partial charge in [-0.2, -0.15) is 0 Å². The van der Waals surface area contributed by atoms with Crippen LogP contribution in [0.25, 0.3) is 0 Å². The van der Waals surface area contributed by atoms with Crippen LogP contribution in [-0.4, -0.2) is 77.4 Å². The third kappa shape index (κ3) is 6.93. The number of Topliss-reactive ketones (excluding diaryl/α,β-unsaturated/α-hetero) is 1. The van der Waals surface area contributed by atoms with Crippen molar-refractivity contribution < 1.29 is 47.3 Å². The number of esters is 4. The highest BCUT2D eigenvalue weighted by atomic mass is 79.9. The van der Waals surface area contributed by atoms with Gasteiger partial charge in [0, 0.05) is 72.9 Å². The number of allylic oxidation sites excluding steroid dienone is 5. The van der Waals surface area contributed by atoms with Gasteiger partial charge < -0.3 is 23.8 Å². The van der Waals surface area contributed by atoms with Gasteiger partial charge in [-0.05, 0) is 74.4 Å². The van der Waals surface area contributed by atoms with Crippen LogP contribution in [0.3, 0.4) is 0 Å². The average Bonchev–Trinajstić information content (AvgIpc) is 3.29. The number of carbonyl (C=O) groups excluding carboxylic acids is 5. The molecule has 0 N–H and O–H groups in total. The van der Waals surface area contributed by atoms with Crippen molar-refractivity contribution in [1.29, 1.82) is 0 Å². The standard InChI is InChI=1S/C40H48Br2FNO9/c1-23-8-9-28(19-33(23)44(16-14-41)17-15-42)36(49)52-30-12-13-37(6)29(20-30)10-11-31-32-18-24(2)40(53-27(5)47,34(48)22-50-25(3)45)38(32,7)21-35(39(31,37)43)51-26(4)46/h8-10,12-13,19-20,24,31-32,35H,11,14-18,21-22H2,1-7H3/t24-,31+,32+,35+,37+,38+,39+,40+/m1/s1. The van der Waals surface area contributed by atoms with Gasteiger partial charge in [-0.1, -0.05) is 63.9 Å². The molecular formula is C40H48Br2FNO9. The summed E-state index contributed by atoms with van der Waals surface area (Å²) >= 11 is 7.02. The third-order valence-corrected chi connectivity index (χ3v) is 12.8. The summed E-state index contributed by atoms with van der Waals surface area (Å²) in [5.41, 5.74) is -3.55. The van der Waals surface area contributed by atoms with Crippen LogP contribution in [0.2, 0.25) is 0 Å². The molecule has 4 aliphatic rings. The minimum absolute atomic E-state index is 0.132. The Hall–Kier alpha value is -3.32. The molecule has 2 saturated carbocycles. The second-order valence-corrected chi connectivity index (χ2v) is 16.7. The van der Waals surface area contributed by atoms with Crippen molar-refractivity contribution >= 4 is 67.2 Å². The van der Waals surface area contributed by atoms with Gasteiger partial charge >= 0.3 is 23.9 Å². The number of alkyl halides is 3. The number of ketones is 1. The Morgan fingerprint density at radius 2 is 1.66 bits per heavy atom. The van der Waals surface area contributed by atoms with Gasteiger partial charge in [-0.3, -0.25) is 19.2 Å². The van der Waals surface area contributed by atoms with Crippen LogP contribution in [0, 0.1) is 35.5 Å². The number of anilines is 1. The molecule has 0 radical (unpaired) electrons. The zero-order valence-corrected chi connectivity index (χ0v) is 34.4. The number of hydrogen-bond acceptors (Lipinski definition) is 10. The number of benzene rings is 1. The number of halogens is 3. The topological polar surface area (TPSA) is 126 Å². The summed E-state index contributed by atoms with van der Waals surface area (Å²) in [5, 5.41) is 1.52. The Bertz CT molecular complexity index is 1770. The molecule has 2 fully saturated rings. The minimum Gasteiger partial charge on any atom is -0.459 e. The first-order valence-electron chi connectivity index (χ1n) is 17.9. The van der Waals surface area contributed by atoms with Crippen LogP contribution < -0.4 is 4.90 Å². The molecule has 0 aromatic heterocycles. The number of aryl methyl sites for hydroxylation is 1. The van der Waals surface area contributed by atoms with E-state index >= 15 is 4.39 Å².